The minimum Gasteiger partial charge on any atom is -0.491 e. The van der Waals surface area contributed by atoms with Gasteiger partial charge in [0.2, 0.25) is 0 Å². The summed E-state index contributed by atoms with van der Waals surface area (Å²) in [4.78, 5) is 4.52. The van der Waals surface area contributed by atoms with E-state index >= 15 is 0 Å². The Balaban J connectivity index is 1.67. The van der Waals surface area contributed by atoms with Crippen LogP contribution < -0.4 is 4.74 Å². The Kier molecular flexibility index (Phi) is 4.35. The highest BCUT2D eigenvalue weighted by atomic mass is 16.5. The predicted molar refractivity (Wildman–Crippen MR) is 91.9 cm³/mol. The zero-order valence-electron chi connectivity index (χ0n) is 13.8. The number of para-hydroxylation sites is 2. The first-order chi connectivity index (χ1) is 11.0. The molecule has 1 atom stereocenters. The smallest absolute Gasteiger partial charge is 0.119 e. The van der Waals surface area contributed by atoms with Crippen molar-refractivity contribution in [1.29, 1.82) is 0 Å². The van der Waals surface area contributed by atoms with Crippen molar-refractivity contribution in [1.82, 2.24) is 9.55 Å². The Morgan fingerprint density at radius 3 is 2.65 bits per heavy atom. The number of hydrogen-bond donors (Lipinski definition) is 1. The van der Waals surface area contributed by atoms with E-state index in [1.807, 2.05) is 54.0 Å². The summed E-state index contributed by atoms with van der Waals surface area (Å²) in [5.41, 5.74) is 4.41. The van der Waals surface area contributed by atoms with E-state index in [1.54, 1.807) is 0 Å². The fourth-order valence-corrected chi connectivity index (χ4v) is 2.69. The number of aryl methyl sites for hydroxylation is 3. The van der Waals surface area contributed by atoms with Crippen LogP contribution in [-0.4, -0.2) is 27.4 Å². The Bertz CT molecular complexity index is 823. The number of hydrogen-bond acceptors (Lipinski definition) is 3. The van der Waals surface area contributed by atoms with Crippen molar-refractivity contribution in [2.24, 2.45) is 0 Å². The zero-order valence-corrected chi connectivity index (χ0v) is 13.8. The predicted octanol–water partition coefficient (Wildman–Crippen LogP) is 3.40. The van der Waals surface area contributed by atoms with Crippen LogP contribution in [0.5, 0.6) is 5.75 Å². The van der Waals surface area contributed by atoms with Crippen LogP contribution in [0.4, 0.5) is 0 Å². The van der Waals surface area contributed by atoms with Gasteiger partial charge in [-0.05, 0) is 56.2 Å². The lowest BCUT2D eigenvalue weighted by atomic mass is 10.1. The van der Waals surface area contributed by atoms with Crippen LogP contribution >= 0.6 is 0 Å². The molecule has 1 heterocycles. The van der Waals surface area contributed by atoms with Gasteiger partial charge < -0.3 is 14.4 Å². The van der Waals surface area contributed by atoms with Crippen LogP contribution in [0, 0.1) is 20.8 Å². The molecule has 0 aliphatic heterocycles. The maximum absolute atomic E-state index is 10.3. The van der Waals surface area contributed by atoms with Gasteiger partial charge in [0.1, 0.15) is 24.3 Å². The summed E-state index contributed by atoms with van der Waals surface area (Å²) >= 11 is 0. The van der Waals surface area contributed by atoms with E-state index in [2.05, 4.69) is 18.8 Å². The number of benzene rings is 2. The molecule has 3 aromatic rings. The zero-order chi connectivity index (χ0) is 16.4. The van der Waals surface area contributed by atoms with E-state index in [0.29, 0.717) is 6.54 Å². The Hall–Kier alpha value is -2.33. The van der Waals surface area contributed by atoms with Crippen LogP contribution in [0.15, 0.2) is 42.5 Å². The highest BCUT2D eigenvalue weighted by molar-refractivity contribution is 5.75. The fraction of sp³-hybridized carbons (Fsp3) is 0.316. The first-order valence-corrected chi connectivity index (χ1v) is 7.84. The molecule has 0 radical (unpaired) electrons. The van der Waals surface area contributed by atoms with Crippen molar-refractivity contribution in [2.45, 2.75) is 33.4 Å². The number of aromatic nitrogens is 2. The van der Waals surface area contributed by atoms with Gasteiger partial charge in [0.05, 0.1) is 17.6 Å². The molecule has 0 aliphatic carbocycles. The molecule has 3 rings (SSSR count). The third kappa shape index (κ3) is 3.37. The van der Waals surface area contributed by atoms with Gasteiger partial charge in [-0.3, -0.25) is 0 Å². The highest BCUT2D eigenvalue weighted by Gasteiger charge is 2.12. The fourth-order valence-electron chi connectivity index (χ4n) is 2.69. The van der Waals surface area contributed by atoms with Crippen molar-refractivity contribution >= 4 is 11.0 Å². The van der Waals surface area contributed by atoms with Crippen molar-refractivity contribution in [3.05, 3.63) is 59.4 Å². The summed E-state index contributed by atoms with van der Waals surface area (Å²) in [5, 5.41) is 10.3. The monoisotopic (exact) mass is 310 g/mol. The van der Waals surface area contributed by atoms with Crippen molar-refractivity contribution < 1.29 is 9.84 Å². The average molecular weight is 310 g/mol. The summed E-state index contributed by atoms with van der Waals surface area (Å²) in [6, 6.07) is 13.9. The molecule has 23 heavy (non-hydrogen) atoms. The molecule has 0 spiro atoms. The normalized spacial score (nSPS) is 12.5. The Morgan fingerprint density at radius 1 is 1.09 bits per heavy atom. The highest BCUT2D eigenvalue weighted by Crippen LogP contribution is 2.18. The van der Waals surface area contributed by atoms with Gasteiger partial charge >= 0.3 is 0 Å². The molecule has 0 aliphatic rings. The largest absolute Gasteiger partial charge is 0.491 e. The Labute approximate surface area is 136 Å². The molecule has 0 amide bonds. The van der Waals surface area contributed by atoms with E-state index in [-0.39, 0.29) is 6.61 Å². The lowest BCUT2D eigenvalue weighted by molar-refractivity contribution is 0.0929. The summed E-state index contributed by atoms with van der Waals surface area (Å²) in [7, 11) is 0. The molecule has 4 nitrogen and oxygen atoms in total. The number of imidazole rings is 1. The second-order valence-corrected chi connectivity index (χ2v) is 5.97. The number of rotatable bonds is 5. The lowest BCUT2D eigenvalue weighted by Gasteiger charge is -2.15. The third-order valence-corrected chi connectivity index (χ3v) is 4.16. The maximum atomic E-state index is 10.3. The molecular formula is C19H22N2O2. The minimum absolute atomic E-state index is 0.258. The molecule has 0 fully saturated rings. The van der Waals surface area contributed by atoms with Crippen LogP contribution in [0.1, 0.15) is 17.0 Å². The van der Waals surface area contributed by atoms with E-state index < -0.39 is 6.10 Å². The van der Waals surface area contributed by atoms with E-state index in [9.17, 15) is 5.11 Å². The van der Waals surface area contributed by atoms with Crippen LogP contribution in [0.25, 0.3) is 11.0 Å². The van der Waals surface area contributed by atoms with Gasteiger partial charge in [0, 0.05) is 0 Å². The second kappa shape index (κ2) is 6.42. The molecule has 120 valence electrons. The molecule has 1 N–H and O–H groups in total. The maximum Gasteiger partial charge on any atom is 0.119 e. The Morgan fingerprint density at radius 2 is 1.87 bits per heavy atom. The topological polar surface area (TPSA) is 47.3 Å². The summed E-state index contributed by atoms with van der Waals surface area (Å²) < 4.78 is 7.75. The lowest BCUT2D eigenvalue weighted by Crippen LogP contribution is -2.24. The van der Waals surface area contributed by atoms with E-state index in [4.69, 9.17) is 4.74 Å². The molecule has 4 heteroatoms. The van der Waals surface area contributed by atoms with Gasteiger partial charge in [-0.25, -0.2) is 4.98 Å². The molecule has 1 unspecified atom stereocenters. The van der Waals surface area contributed by atoms with Crippen molar-refractivity contribution in [3.8, 4) is 5.75 Å². The van der Waals surface area contributed by atoms with Gasteiger partial charge in [-0.15, -0.1) is 0 Å². The molecule has 0 saturated heterocycles. The van der Waals surface area contributed by atoms with Gasteiger partial charge in [-0.2, -0.15) is 0 Å². The number of ether oxygens (including phenoxy) is 1. The van der Waals surface area contributed by atoms with Crippen molar-refractivity contribution in [3.63, 3.8) is 0 Å². The van der Waals surface area contributed by atoms with Crippen LogP contribution in [-0.2, 0) is 6.54 Å². The van der Waals surface area contributed by atoms with Crippen LogP contribution in [0.3, 0.4) is 0 Å². The first-order valence-electron chi connectivity index (χ1n) is 7.84. The van der Waals surface area contributed by atoms with Gasteiger partial charge in [0.15, 0.2) is 0 Å². The number of aliphatic hydroxyl groups is 1. The molecular weight excluding hydrogens is 288 g/mol. The molecule has 0 bridgehead atoms. The SMILES string of the molecule is Cc1ccc(OCC(O)Cn2c(C)nc3ccccc32)cc1C. The molecule has 0 saturated carbocycles. The van der Waals surface area contributed by atoms with Gasteiger partial charge in [0.25, 0.3) is 0 Å². The van der Waals surface area contributed by atoms with Gasteiger partial charge in [-0.1, -0.05) is 18.2 Å². The quantitative estimate of drug-likeness (QED) is 0.785. The molecule has 2 aromatic carbocycles. The molecule has 1 aromatic heterocycles. The number of aliphatic hydroxyl groups excluding tert-OH is 1. The number of nitrogens with zero attached hydrogens (tertiary/aromatic N) is 2. The van der Waals surface area contributed by atoms with E-state index in [0.717, 1.165) is 22.6 Å². The van der Waals surface area contributed by atoms with Crippen molar-refractivity contribution in [2.75, 3.05) is 6.61 Å². The summed E-state index contributed by atoms with van der Waals surface area (Å²) in [6.45, 7) is 6.81. The average Bonchev–Trinajstić information content (AvgIpc) is 2.84. The summed E-state index contributed by atoms with van der Waals surface area (Å²) in [5.74, 6) is 1.69. The minimum atomic E-state index is -0.590. The first kappa shape index (κ1) is 15.6. The number of fused-ring (bicyclic) bond motifs is 1. The second-order valence-electron chi connectivity index (χ2n) is 5.97. The third-order valence-electron chi connectivity index (χ3n) is 4.16. The van der Waals surface area contributed by atoms with E-state index in [1.165, 1.54) is 11.1 Å². The summed E-state index contributed by atoms with van der Waals surface area (Å²) in [6.07, 6.45) is -0.590. The van der Waals surface area contributed by atoms with Crippen LogP contribution in [0.2, 0.25) is 0 Å². The standard InChI is InChI=1S/C19H22N2O2/c1-13-8-9-17(10-14(13)2)23-12-16(22)11-21-15(3)20-18-6-4-5-7-19(18)21/h4-10,16,22H,11-12H2,1-3H3.